The van der Waals surface area contributed by atoms with Gasteiger partial charge in [0.1, 0.15) is 22.9 Å². The van der Waals surface area contributed by atoms with Gasteiger partial charge in [-0.15, -0.1) is 0 Å². The van der Waals surface area contributed by atoms with Gasteiger partial charge in [-0.2, -0.15) is 0 Å². The predicted octanol–water partition coefficient (Wildman–Crippen LogP) is 6.15. The van der Waals surface area contributed by atoms with E-state index in [9.17, 15) is 5.11 Å². The van der Waals surface area contributed by atoms with Crippen molar-refractivity contribution < 1.29 is 13.9 Å². The van der Waals surface area contributed by atoms with E-state index in [2.05, 4.69) is 20.2 Å². The highest BCUT2D eigenvalue weighted by Gasteiger charge is 2.34. The van der Waals surface area contributed by atoms with E-state index in [4.69, 9.17) is 11.6 Å². The van der Waals surface area contributed by atoms with Gasteiger partial charge in [-0.05, 0) is 65.4 Å². The first-order valence-electron chi connectivity index (χ1n) is 12.2. The summed E-state index contributed by atoms with van der Waals surface area (Å²) in [5.41, 5.74) is 2.33. The van der Waals surface area contributed by atoms with E-state index in [0.717, 1.165) is 18.4 Å². The van der Waals surface area contributed by atoms with E-state index >= 15 is 8.78 Å². The van der Waals surface area contributed by atoms with Gasteiger partial charge in [0.25, 0.3) is 0 Å². The lowest BCUT2D eigenvalue weighted by Gasteiger charge is -2.34. The molecule has 0 saturated carbocycles. The quantitative estimate of drug-likeness (QED) is 0.348. The summed E-state index contributed by atoms with van der Waals surface area (Å²) in [6, 6.07) is 10.6. The minimum Gasteiger partial charge on any atom is -0.508 e. The van der Waals surface area contributed by atoms with Gasteiger partial charge in [-0.1, -0.05) is 36.7 Å². The highest BCUT2D eigenvalue weighted by molar-refractivity contribution is 6.27. The number of nitrogens with zero attached hydrogens (tertiary/aromatic N) is 3. The number of hydrogen-bond donors (Lipinski definition) is 2. The van der Waals surface area contributed by atoms with Crippen LogP contribution in [0, 0.1) is 11.6 Å². The molecule has 2 aliphatic heterocycles. The minimum absolute atomic E-state index is 0.0255. The van der Waals surface area contributed by atoms with Crippen LogP contribution in [0.4, 0.5) is 14.6 Å². The van der Waals surface area contributed by atoms with Crippen LogP contribution < -0.4 is 10.2 Å². The first-order valence-corrected chi connectivity index (χ1v) is 12.6. The predicted molar refractivity (Wildman–Crippen MR) is 140 cm³/mol. The van der Waals surface area contributed by atoms with Crippen LogP contribution in [0.3, 0.4) is 0 Å². The van der Waals surface area contributed by atoms with Crippen LogP contribution in [-0.2, 0) is 6.42 Å². The number of rotatable bonds is 4. The number of aryl methyl sites for hydroxylation is 1. The van der Waals surface area contributed by atoms with Crippen LogP contribution in [-0.4, -0.2) is 40.2 Å². The maximum atomic E-state index is 16.3. The lowest BCUT2D eigenvalue weighted by atomic mass is 9.92. The molecule has 0 spiro atoms. The molecule has 0 amide bonds. The summed E-state index contributed by atoms with van der Waals surface area (Å²) < 4.78 is 32.2. The Morgan fingerprint density at radius 2 is 1.92 bits per heavy atom. The first kappa shape index (κ1) is 23.1. The van der Waals surface area contributed by atoms with Crippen LogP contribution in [0.2, 0.25) is 0 Å². The SMILES string of the molecule is CCc1cccc2cc(O)cc(-c3c(F)cc4c(N5CC6CCC(C5)N6)nc(/C=C\Cl)nc4c3F)c12. The van der Waals surface area contributed by atoms with Crippen molar-refractivity contribution in [2.45, 2.75) is 38.3 Å². The second-order valence-electron chi connectivity index (χ2n) is 9.55. The number of nitrogens with one attached hydrogen (secondary N) is 1. The van der Waals surface area contributed by atoms with Crippen LogP contribution in [0.1, 0.15) is 31.2 Å². The Labute approximate surface area is 212 Å². The molecule has 3 heterocycles. The third-order valence-electron chi connectivity index (χ3n) is 7.31. The lowest BCUT2D eigenvalue weighted by molar-refractivity contribution is 0.464. The molecule has 2 fully saturated rings. The summed E-state index contributed by atoms with van der Waals surface area (Å²) in [6.07, 6.45) is 4.31. The van der Waals surface area contributed by atoms with Crippen molar-refractivity contribution in [3.8, 4) is 16.9 Å². The third-order valence-corrected chi connectivity index (χ3v) is 7.43. The van der Waals surface area contributed by atoms with Crippen molar-refractivity contribution in [1.29, 1.82) is 0 Å². The fraction of sp³-hybridized carbons (Fsp3) is 0.286. The summed E-state index contributed by atoms with van der Waals surface area (Å²) in [5.74, 6) is -0.808. The van der Waals surface area contributed by atoms with E-state index in [1.807, 2.05) is 25.1 Å². The second-order valence-corrected chi connectivity index (χ2v) is 9.80. The van der Waals surface area contributed by atoms with Crippen LogP contribution in [0.25, 0.3) is 38.9 Å². The molecule has 36 heavy (non-hydrogen) atoms. The second kappa shape index (κ2) is 8.98. The lowest BCUT2D eigenvalue weighted by Crippen LogP contribution is -2.51. The molecule has 5 nitrogen and oxygen atoms in total. The van der Waals surface area contributed by atoms with Crippen molar-refractivity contribution in [2.24, 2.45) is 0 Å². The molecular weight excluding hydrogens is 482 g/mol. The Morgan fingerprint density at radius 3 is 2.64 bits per heavy atom. The van der Waals surface area contributed by atoms with Crippen molar-refractivity contribution in [3.63, 3.8) is 0 Å². The Kier molecular flexibility index (Phi) is 5.77. The maximum Gasteiger partial charge on any atom is 0.160 e. The summed E-state index contributed by atoms with van der Waals surface area (Å²) in [4.78, 5) is 11.1. The molecule has 2 saturated heterocycles. The van der Waals surface area contributed by atoms with E-state index in [0.29, 0.717) is 59.1 Å². The fourth-order valence-electron chi connectivity index (χ4n) is 5.77. The molecular formula is C28H25ClF2N4O. The minimum atomic E-state index is -0.784. The molecule has 0 aliphatic carbocycles. The summed E-state index contributed by atoms with van der Waals surface area (Å²) in [5, 5.41) is 15.7. The molecule has 2 bridgehead atoms. The van der Waals surface area contributed by atoms with Gasteiger partial charge < -0.3 is 15.3 Å². The third kappa shape index (κ3) is 3.78. The van der Waals surface area contributed by atoms with Gasteiger partial charge >= 0.3 is 0 Å². The maximum absolute atomic E-state index is 16.3. The average molecular weight is 507 g/mol. The molecule has 0 radical (unpaired) electrons. The van der Waals surface area contributed by atoms with Gasteiger partial charge in [0.05, 0.1) is 5.56 Å². The molecule has 2 atom stereocenters. The van der Waals surface area contributed by atoms with Crippen molar-refractivity contribution in [2.75, 3.05) is 18.0 Å². The van der Waals surface area contributed by atoms with Crippen LogP contribution in [0.5, 0.6) is 5.75 Å². The van der Waals surface area contributed by atoms with Gasteiger partial charge in [0, 0.05) is 36.1 Å². The molecule has 2 aliphatic rings. The van der Waals surface area contributed by atoms with Gasteiger partial charge in [-0.3, -0.25) is 0 Å². The number of aromatic hydroxyl groups is 1. The van der Waals surface area contributed by atoms with Crippen LogP contribution >= 0.6 is 11.6 Å². The summed E-state index contributed by atoms with van der Waals surface area (Å²) in [6.45, 7) is 3.40. The van der Waals surface area contributed by atoms with Gasteiger partial charge in [0.2, 0.25) is 0 Å². The number of fused-ring (bicyclic) bond motifs is 4. The molecule has 3 aromatic carbocycles. The number of halogens is 3. The Hall–Kier alpha value is -3.29. The molecule has 2 unspecified atom stereocenters. The highest BCUT2D eigenvalue weighted by Crippen LogP contribution is 2.41. The molecule has 4 aromatic rings. The Balaban J connectivity index is 1.63. The topological polar surface area (TPSA) is 61.3 Å². The van der Waals surface area contributed by atoms with Crippen molar-refractivity contribution >= 4 is 45.2 Å². The number of phenols is 1. The Morgan fingerprint density at radius 1 is 1.14 bits per heavy atom. The number of anilines is 1. The highest BCUT2D eigenvalue weighted by atomic mass is 35.5. The summed E-state index contributed by atoms with van der Waals surface area (Å²) >= 11 is 5.82. The standard InChI is InChI=1S/C28H25ClF2N4O/c1-2-15-4-3-5-16-10-19(36)11-20(24(15)16)25-22(30)12-21-27(26(25)31)33-23(8-9-29)34-28(21)35-13-17-6-7-18(14-35)32-17/h3-5,8-12,17-18,32,36H,2,6-7,13-14H2,1H3/b9-8-. The van der Waals surface area contributed by atoms with E-state index < -0.39 is 11.6 Å². The summed E-state index contributed by atoms with van der Waals surface area (Å²) in [7, 11) is 0. The number of benzene rings is 3. The van der Waals surface area contributed by atoms with E-state index in [1.165, 1.54) is 23.7 Å². The van der Waals surface area contributed by atoms with Crippen molar-refractivity contribution in [3.05, 3.63) is 65.0 Å². The largest absolute Gasteiger partial charge is 0.508 e. The Bertz CT molecular complexity index is 1530. The van der Waals surface area contributed by atoms with E-state index in [1.54, 1.807) is 6.07 Å². The van der Waals surface area contributed by atoms with Crippen molar-refractivity contribution in [1.82, 2.24) is 15.3 Å². The smallest absolute Gasteiger partial charge is 0.160 e. The van der Waals surface area contributed by atoms with E-state index in [-0.39, 0.29) is 22.7 Å². The molecule has 8 heteroatoms. The number of phenolic OH excluding ortho intramolecular Hbond substituents is 1. The normalized spacial score (nSPS) is 19.7. The number of piperazine rings is 1. The fourth-order valence-corrected chi connectivity index (χ4v) is 5.88. The molecule has 6 rings (SSSR count). The zero-order valence-corrected chi connectivity index (χ0v) is 20.5. The first-order chi connectivity index (χ1) is 17.5. The molecule has 2 N–H and O–H groups in total. The van der Waals surface area contributed by atoms with Gasteiger partial charge in [0.15, 0.2) is 11.6 Å². The number of hydrogen-bond acceptors (Lipinski definition) is 5. The number of aromatic nitrogens is 2. The molecule has 184 valence electrons. The molecule has 1 aromatic heterocycles. The van der Waals surface area contributed by atoms with Crippen LogP contribution in [0.15, 0.2) is 41.9 Å². The zero-order chi connectivity index (χ0) is 25.0. The average Bonchev–Trinajstić information content (AvgIpc) is 3.20. The van der Waals surface area contributed by atoms with Gasteiger partial charge in [-0.25, -0.2) is 18.7 Å². The zero-order valence-electron chi connectivity index (χ0n) is 19.7. The monoisotopic (exact) mass is 506 g/mol.